The minimum absolute atomic E-state index is 0.0503. The number of nitrogens with one attached hydrogen (secondary N) is 1. The molecule has 15 heteroatoms. The lowest BCUT2D eigenvalue weighted by molar-refractivity contribution is -0.391. The van der Waals surface area contributed by atoms with Crippen molar-refractivity contribution in [3.63, 3.8) is 0 Å². The second-order valence-electron chi connectivity index (χ2n) is 10.7. The number of aromatic amines is 1. The summed E-state index contributed by atoms with van der Waals surface area (Å²) < 4.78 is 102. The highest BCUT2D eigenvalue weighted by molar-refractivity contribution is 6.25. The summed E-state index contributed by atoms with van der Waals surface area (Å²) in [5, 5.41) is 0. The molecule has 0 bridgehead atoms. The van der Waals surface area contributed by atoms with Crippen molar-refractivity contribution in [1.82, 2.24) is 9.88 Å². The predicted octanol–water partition coefficient (Wildman–Crippen LogP) is 6.21. The van der Waals surface area contributed by atoms with E-state index >= 15 is 0 Å². The van der Waals surface area contributed by atoms with Gasteiger partial charge in [0.2, 0.25) is 0 Å². The number of hydrogen-bond donors (Lipinski definition) is 1. The van der Waals surface area contributed by atoms with E-state index < -0.39 is 53.9 Å². The lowest BCUT2D eigenvalue weighted by Crippen LogP contribution is -2.52. The number of para-hydroxylation sites is 1. The Balaban J connectivity index is 1.21. The average Bonchev–Trinajstić information content (AvgIpc) is 3.62. The molecule has 1 atom stereocenters. The van der Waals surface area contributed by atoms with Gasteiger partial charge in [-0.2, -0.15) is 17.6 Å². The molecule has 3 aromatic carbocycles. The zero-order chi connectivity index (χ0) is 31.9. The number of aromatic nitrogens is 1. The number of nitrogens with zero attached hydrogens (tertiary/aromatic N) is 2. The van der Waals surface area contributed by atoms with Gasteiger partial charge in [0.1, 0.15) is 11.5 Å². The summed E-state index contributed by atoms with van der Waals surface area (Å²) in [7, 11) is 0. The van der Waals surface area contributed by atoms with Crippen LogP contribution in [0.5, 0.6) is 23.0 Å². The molecule has 4 aromatic rings. The van der Waals surface area contributed by atoms with Crippen LogP contribution in [-0.4, -0.2) is 52.7 Å². The van der Waals surface area contributed by atoms with Crippen LogP contribution in [0.1, 0.15) is 24.1 Å². The van der Waals surface area contributed by atoms with E-state index in [2.05, 4.69) is 19.5 Å². The van der Waals surface area contributed by atoms with Crippen molar-refractivity contribution in [3.8, 4) is 23.0 Å². The quantitative estimate of drug-likeness (QED) is 0.254. The van der Waals surface area contributed by atoms with Crippen LogP contribution in [0.4, 0.5) is 26.3 Å². The van der Waals surface area contributed by atoms with Gasteiger partial charge in [-0.15, -0.1) is 0 Å². The van der Waals surface area contributed by atoms with Crippen LogP contribution in [0.15, 0.2) is 86.0 Å². The van der Waals surface area contributed by atoms with Gasteiger partial charge >= 0.3 is 18.0 Å². The summed E-state index contributed by atoms with van der Waals surface area (Å²) >= 11 is 0. The molecular weight excluding hydrogens is 612 g/mol. The van der Waals surface area contributed by atoms with Gasteiger partial charge in [0.05, 0.1) is 30.4 Å². The van der Waals surface area contributed by atoms with E-state index in [1.807, 2.05) is 0 Å². The molecule has 45 heavy (non-hydrogen) atoms. The zero-order valence-corrected chi connectivity index (χ0v) is 22.9. The van der Waals surface area contributed by atoms with Crippen LogP contribution in [-0.2, 0) is 4.79 Å². The fourth-order valence-electron chi connectivity index (χ4n) is 5.56. The fourth-order valence-corrected chi connectivity index (χ4v) is 5.56. The number of amides is 1. The number of carbonyl (C=O) groups excluding carboxylic acids is 1. The molecule has 1 N–H and O–H groups in total. The van der Waals surface area contributed by atoms with Gasteiger partial charge in [-0.3, -0.25) is 14.8 Å². The Hall–Kier alpha value is -5.21. The van der Waals surface area contributed by atoms with E-state index in [9.17, 15) is 35.9 Å². The van der Waals surface area contributed by atoms with Crippen LogP contribution in [0.25, 0.3) is 11.1 Å². The normalized spacial score (nSPS) is 20.1. The number of H-pyrrole nitrogens is 1. The van der Waals surface area contributed by atoms with Gasteiger partial charge in [0, 0.05) is 29.7 Å². The van der Waals surface area contributed by atoms with Gasteiger partial charge in [-0.25, -0.2) is 13.6 Å². The second-order valence-corrected chi connectivity index (χ2v) is 10.7. The van der Waals surface area contributed by atoms with E-state index in [1.54, 1.807) is 18.2 Å². The van der Waals surface area contributed by atoms with E-state index in [1.165, 1.54) is 30.3 Å². The molecule has 1 aromatic heterocycles. The van der Waals surface area contributed by atoms with Crippen molar-refractivity contribution in [2.24, 2.45) is 4.99 Å². The number of halogens is 6. The van der Waals surface area contributed by atoms with Gasteiger partial charge in [-0.1, -0.05) is 18.2 Å². The van der Waals surface area contributed by atoms with Gasteiger partial charge in [0.25, 0.3) is 11.8 Å². The molecule has 0 aliphatic carbocycles. The van der Waals surface area contributed by atoms with Crippen molar-refractivity contribution < 1.29 is 49.8 Å². The first-order chi connectivity index (χ1) is 21.2. The van der Waals surface area contributed by atoms with E-state index in [-0.39, 0.29) is 29.2 Å². The largest absolute Gasteiger partial charge is 0.507 e. The molecule has 3 aliphatic rings. The first-order valence-electron chi connectivity index (χ1n) is 13.4. The molecule has 4 heterocycles. The van der Waals surface area contributed by atoms with Crippen LogP contribution < -0.4 is 20.0 Å². The van der Waals surface area contributed by atoms with E-state index in [0.29, 0.717) is 34.9 Å². The maximum atomic E-state index is 14.3. The maximum Gasteiger partial charge on any atom is 0.507 e. The number of rotatable bonds is 6. The first kappa shape index (κ1) is 28.6. The van der Waals surface area contributed by atoms with Crippen molar-refractivity contribution in [2.75, 3.05) is 13.1 Å². The lowest BCUT2D eigenvalue weighted by atomic mass is 9.91. The van der Waals surface area contributed by atoms with E-state index in [0.717, 1.165) is 17.0 Å². The molecule has 7 rings (SSSR count). The first-order valence-corrected chi connectivity index (χ1v) is 13.4. The number of hydrogen-bond acceptors (Lipinski definition) is 7. The van der Waals surface area contributed by atoms with Crippen LogP contribution in [0, 0.1) is 0 Å². The molecule has 9 nitrogen and oxygen atoms in total. The summed E-state index contributed by atoms with van der Waals surface area (Å²) in [5.74, 6) is -5.71. The molecular formula is C30H19F6N3O6. The third-order valence-corrected chi connectivity index (χ3v) is 7.39. The minimum Gasteiger partial charge on any atom is -0.457 e. The Kier molecular flexibility index (Phi) is 6.12. The predicted molar refractivity (Wildman–Crippen MR) is 144 cm³/mol. The van der Waals surface area contributed by atoms with Crippen molar-refractivity contribution in [3.05, 3.63) is 93.5 Å². The number of carbonyl (C=O) groups is 1. The number of ether oxygens (including phenoxy) is 3. The Morgan fingerprint density at radius 2 is 1.67 bits per heavy atom. The molecule has 0 fully saturated rings. The lowest BCUT2D eigenvalue weighted by Gasteiger charge is -2.31. The van der Waals surface area contributed by atoms with Crippen molar-refractivity contribution >= 4 is 22.7 Å². The third-order valence-electron chi connectivity index (χ3n) is 7.39. The second kappa shape index (κ2) is 9.64. The zero-order valence-electron chi connectivity index (χ0n) is 22.9. The molecule has 0 saturated heterocycles. The molecule has 1 unspecified atom stereocenters. The Bertz CT molecular complexity index is 1990. The number of aliphatic imine (C=N–C) groups is 1. The maximum absolute atomic E-state index is 14.3. The summed E-state index contributed by atoms with van der Waals surface area (Å²) in [6.07, 6.45) is -9.77. The number of benzene rings is 3. The highest BCUT2D eigenvalue weighted by atomic mass is 19.3. The molecule has 232 valence electrons. The van der Waals surface area contributed by atoms with Crippen LogP contribution in [0.2, 0.25) is 0 Å². The topological polar surface area (TPSA) is 106 Å². The fraction of sp³-hybridized carbons (Fsp3) is 0.233. The summed E-state index contributed by atoms with van der Waals surface area (Å²) in [4.78, 5) is 33.5. The number of fused-ring (bicyclic) bond motifs is 2. The van der Waals surface area contributed by atoms with Crippen LogP contribution >= 0.6 is 0 Å². The molecule has 0 saturated carbocycles. The summed E-state index contributed by atoms with van der Waals surface area (Å²) in [6, 6.07) is 13.0. The van der Waals surface area contributed by atoms with Crippen LogP contribution in [0.3, 0.4) is 0 Å². The average molecular weight is 631 g/mol. The monoisotopic (exact) mass is 631 g/mol. The highest BCUT2D eigenvalue weighted by Crippen LogP contribution is 2.49. The molecule has 0 spiro atoms. The molecule has 3 aliphatic heterocycles. The molecule has 0 radical (unpaired) electrons. The number of alkyl halides is 6. The van der Waals surface area contributed by atoms with Gasteiger partial charge in [0.15, 0.2) is 17.1 Å². The Morgan fingerprint density at radius 1 is 0.978 bits per heavy atom. The molecule has 1 amide bonds. The third kappa shape index (κ3) is 4.78. The number of oxazole rings is 1. The Labute approximate surface area is 248 Å². The Morgan fingerprint density at radius 3 is 2.38 bits per heavy atom. The van der Waals surface area contributed by atoms with Gasteiger partial charge < -0.3 is 23.5 Å². The smallest absolute Gasteiger partial charge is 0.457 e. The summed E-state index contributed by atoms with van der Waals surface area (Å²) in [6.45, 7) is -0.251. The summed E-state index contributed by atoms with van der Waals surface area (Å²) in [5.41, 5.74) is 2.35. The van der Waals surface area contributed by atoms with E-state index in [4.69, 9.17) is 9.15 Å². The highest BCUT2D eigenvalue weighted by Gasteiger charge is 2.66. The van der Waals surface area contributed by atoms with Gasteiger partial charge in [-0.05, 0) is 42.0 Å². The van der Waals surface area contributed by atoms with Crippen molar-refractivity contribution in [2.45, 2.75) is 31.1 Å². The standard InChI is InChI=1S/C30H19F6N3O6/c1-28(31,32)13-39-24(22-18(26(39)40)12-37-23(22)17-3-2-4-19-25(17)43-27(41)38-19)14-5-7-15(8-6-14)42-16-9-10-20-21(11-16)45-30(35,36)29(33,34)44-20/h2-11,24H,12-13H2,1H3,(H,38,41). The SMILES string of the molecule is CC(F)(F)CN1C(=O)C2=C(C(c3cccc4[nH]c(=O)oc34)=NC2)C1c1ccc(Oc2ccc3c(c2)OC(F)(F)C(F)(F)O3)cc1. The minimum atomic E-state index is -4.91. The van der Waals surface area contributed by atoms with Crippen molar-refractivity contribution in [1.29, 1.82) is 0 Å².